The molecular weight excluding hydrogens is 230 g/mol. The van der Waals surface area contributed by atoms with E-state index >= 15 is 0 Å². The molecule has 4 N–H and O–H groups in total. The molecule has 1 aliphatic rings. The maximum Gasteiger partial charge on any atom is 0.243 e. The third-order valence-corrected chi connectivity index (χ3v) is 2.56. The van der Waals surface area contributed by atoms with Crippen LogP contribution in [0.2, 0.25) is 0 Å². The molecule has 0 spiro atoms. The summed E-state index contributed by atoms with van der Waals surface area (Å²) >= 11 is 0. The van der Waals surface area contributed by atoms with Crippen molar-refractivity contribution >= 4 is 5.91 Å². The van der Waals surface area contributed by atoms with Gasteiger partial charge in [0.1, 0.15) is 24.4 Å². The molecule has 1 saturated heterocycles. The molecule has 0 aromatic rings. The van der Waals surface area contributed by atoms with Gasteiger partial charge in [-0.2, -0.15) is 0 Å². The predicted molar refractivity (Wildman–Crippen MR) is 56.9 cm³/mol. The minimum atomic E-state index is -1.39. The van der Waals surface area contributed by atoms with Crippen LogP contribution in [0.3, 0.4) is 0 Å². The monoisotopic (exact) mass is 247 g/mol. The number of aliphatic hydroxyl groups is 3. The number of carbonyl (C=O) groups excluding carboxylic acids is 1. The molecule has 0 saturated carbocycles. The van der Waals surface area contributed by atoms with Crippen molar-refractivity contribution in [3.63, 3.8) is 0 Å². The van der Waals surface area contributed by atoms with Crippen molar-refractivity contribution in [1.82, 2.24) is 5.32 Å². The first-order valence-electron chi connectivity index (χ1n) is 5.14. The van der Waals surface area contributed by atoms with E-state index in [0.717, 1.165) is 6.08 Å². The topological polar surface area (TPSA) is 108 Å². The zero-order valence-corrected chi connectivity index (χ0v) is 9.44. The summed E-state index contributed by atoms with van der Waals surface area (Å²) in [7, 11) is 1.30. The number of carbonyl (C=O) groups is 1. The molecule has 0 aliphatic carbocycles. The van der Waals surface area contributed by atoms with Gasteiger partial charge in [-0.25, -0.2) is 0 Å². The zero-order chi connectivity index (χ0) is 13.0. The van der Waals surface area contributed by atoms with E-state index in [0.29, 0.717) is 0 Å². The Kier molecular flexibility index (Phi) is 5.03. The first-order valence-corrected chi connectivity index (χ1v) is 5.14. The Hall–Kier alpha value is -0.990. The summed E-state index contributed by atoms with van der Waals surface area (Å²) in [6, 6.07) is 0. The number of aliphatic hydroxyl groups excluding tert-OH is 3. The fourth-order valence-corrected chi connectivity index (χ4v) is 1.55. The Balaban J connectivity index is 2.59. The summed E-state index contributed by atoms with van der Waals surface area (Å²) in [6.45, 7) is 3.25. The van der Waals surface area contributed by atoms with E-state index in [4.69, 9.17) is 9.47 Å². The van der Waals surface area contributed by atoms with Crippen molar-refractivity contribution in [2.75, 3.05) is 13.7 Å². The SMILES string of the molecule is C=CC(=O)NCC1O[C@@H](OC)[C@@H](O)[C@@H](O)[C@@H]1O. The summed E-state index contributed by atoms with van der Waals surface area (Å²) in [5, 5.41) is 31.1. The summed E-state index contributed by atoms with van der Waals surface area (Å²) < 4.78 is 10.0. The molecule has 1 aliphatic heterocycles. The lowest BCUT2D eigenvalue weighted by molar-refractivity contribution is -0.288. The predicted octanol–water partition coefficient (Wildman–Crippen LogP) is -2.26. The minimum absolute atomic E-state index is 0.0182. The molecule has 1 rings (SSSR count). The van der Waals surface area contributed by atoms with Crippen LogP contribution in [-0.4, -0.2) is 65.6 Å². The van der Waals surface area contributed by atoms with Gasteiger partial charge in [-0.1, -0.05) is 6.58 Å². The summed E-state index contributed by atoms with van der Waals surface area (Å²) in [5.74, 6) is -0.421. The van der Waals surface area contributed by atoms with Gasteiger partial charge >= 0.3 is 0 Å². The van der Waals surface area contributed by atoms with Gasteiger partial charge in [-0.15, -0.1) is 0 Å². The van der Waals surface area contributed by atoms with E-state index in [1.54, 1.807) is 0 Å². The van der Waals surface area contributed by atoms with E-state index in [-0.39, 0.29) is 6.54 Å². The standard InChI is InChI=1S/C10H17NO6/c1-3-6(12)11-4-5-7(13)8(14)9(15)10(16-2)17-5/h3,5,7-10,13-15H,1,4H2,2H3,(H,11,12)/t5?,7-,8+,9+,10-/m1/s1. The number of methoxy groups -OCH3 is 1. The fourth-order valence-electron chi connectivity index (χ4n) is 1.55. The van der Waals surface area contributed by atoms with Crippen LogP contribution < -0.4 is 5.32 Å². The van der Waals surface area contributed by atoms with Crippen LogP contribution in [0.5, 0.6) is 0 Å². The third kappa shape index (κ3) is 3.24. The summed E-state index contributed by atoms with van der Waals surface area (Å²) in [4.78, 5) is 10.9. The van der Waals surface area contributed by atoms with E-state index in [1.807, 2.05) is 0 Å². The molecule has 7 nitrogen and oxygen atoms in total. The zero-order valence-electron chi connectivity index (χ0n) is 9.44. The Labute approximate surface area is 98.6 Å². The minimum Gasteiger partial charge on any atom is -0.388 e. The highest BCUT2D eigenvalue weighted by atomic mass is 16.7. The lowest BCUT2D eigenvalue weighted by Gasteiger charge is -2.39. The van der Waals surface area contributed by atoms with Crippen molar-refractivity contribution in [1.29, 1.82) is 0 Å². The van der Waals surface area contributed by atoms with Gasteiger partial charge in [0, 0.05) is 13.7 Å². The van der Waals surface area contributed by atoms with Gasteiger partial charge in [-0.3, -0.25) is 4.79 Å². The Morgan fingerprint density at radius 3 is 2.59 bits per heavy atom. The van der Waals surface area contributed by atoms with Gasteiger partial charge in [-0.05, 0) is 6.08 Å². The van der Waals surface area contributed by atoms with Gasteiger partial charge < -0.3 is 30.1 Å². The average molecular weight is 247 g/mol. The summed E-state index contributed by atoms with van der Waals surface area (Å²) in [6.07, 6.45) is -4.85. The normalized spacial score (nSPS) is 37.5. The number of hydrogen-bond acceptors (Lipinski definition) is 6. The maximum absolute atomic E-state index is 10.9. The van der Waals surface area contributed by atoms with Crippen LogP contribution in [0.4, 0.5) is 0 Å². The Morgan fingerprint density at radius 1 is 1.41 bits per heavy atom. The molecule has 1 heterocycles. The lowest BCUT2D eigenvalue weighted by atomic mass is 9.99. The van der Waals surface area contributed by atoms with Crippen LogP contribution in [0, 0.1) is 0 Å². The van der Waals surface area contributed by atoms with E-state index in [1.165, 1.54) is 7.11 Å². The number of amides is 1. The van der Waals surface area contributed by atoms with Crippen LogP contribution in [0.25, 0.3) is 0 Å². The first-order chi connectivity index (χ1) is 8.01. The van der Waals surface area contributed by atoms with Crippen LogP contribution >= 0.6 is 0 Å². The Morgan fingerprint density at radius 2 is 2.06 bits per heavy atom. The van der Waals surface area contributed by atoms with Crippen LogP contribution in [-0.2, 0) is 14.3 Å². The van der Waals surface area contributed by atoms with E-state index in [9.17, 15) is 20.1 Å². The van der Waals surface area contributed by atoms with Crippen molar-refractivity contribution in [2.24, 2.45) is 0 Å². The van der Waals surface area contributed by atoms with Crippen molar-refractivity contribution in [3.8, 4) is 0 Å². The molecule has 0 radical (unpaired) electrons. The lowest BCUT2D eigenvalue weighted by Crippen LogP contribution is -2.60. The molecule has 0 aromatic carbocycles. The van der Waals surface area contributed by atoms with Crippen molar-refractivity contribution < 1.29 is 29.6 Å². The highest BCUT2D eigenvalue weighted by Gasteiger charge is 2.43. The molecule has 7 heteroatoms. The molecule has 1 amide bonds. The molecule has 0 aromatic heterocycles. The van der Waals surface area contributed by atoms with Gasteiger partial charge in [0.2, 0.25) is 5.91 Å². The quantitative estimate of drug-likeness (QED) is 0.418. The van der Waals surface area contributed by atoms with Gasteiger partial charge in [0.15, 0.2) is 6.29 Å². The molecule has 98 valence electrons. The molecule has 5 atom stereocenters. The molecule has 17 heavy (non-hydrogen) atoms. The van der Waals surface area contributed by atoms with E-state index < -0.39 is 36.6 Å². The highest BCUT2D eigenvalue weighted by molar-refractivity contribution is 5.86. The number of hydrogen-bond donors (Lipinski definition) is 4. The largest absolute Gasteiger partial charge is 0.388 e. The van der Waals surface area contributed by atoms with Gasteiger partial charge in [0.25, 0.3) is 0 Å². The second-order valence-electron chi connectivity index (χ2n) is 3.70. The average Bonchev–Trinajstić information content (AvgIpc) is 2.34. The molecular formula is C10H17NO6. The second kappa shape index (κ2) is 6.08. The van der Waals surface area contributed by atoms with E-state index in [2.05, 4.69) is 11.9 Å². The number of rotatable bonds is 4. The molecule has 0 bridgehead atoms. The first kappa shape index (κ1) is 14.1. The smallest absolute Gasteiger partial charge is 0.243 e. The maximum atomic E-state index is 10.9. The molecule has 1 fully saturated rings. The number of nitrogens with one attached hydrogen (secondary N) is 1. The molecule has 1 unspecified atom stereocenters. The van der Waals surface area contributed by atoms with Crippen LogP contribution in [0.1, 0.15) is 0 Å². The van der Waals surface area contributed by atoms with Crippen molar-refractivity contribution in [2.45, 2.75) is 30.7 Å². The Bertz CT molecular complexity index is 282. The highest BCUT2D eigenvalue weighted by Crippen LogP contribution is 2.21. The fraction of sp³-hybridized carbons (Fsp3) is 0.700. The second-order valence-corrected chi connectivity index (χ2v) is 3.70. The number of ether oxygens (including phenoxy) is 2. The van der Waals surface area contributed by atoms with Crippen LogP contribution in [0.15, 0.2) is 12.7 Å². The van der Waals surface area contributed by atoms with Crippen molar-refractivity contribution in [3.05, 3.63) is 12.7 Å². The third-order valence-electron chi connectivity index (χ3n) is 2.56. The van der Waals surface area contributed by atoms with Gasteiger partial charge in [0.05, 0.1) is 0 Å². The summed E-state index contributed by atoms with van der Waals surface area (Å²) in [5.41, 5.74) is 0.